The highest BCUT2D eigenvalue weighted by Crippen LogP contribution is 2.23. The number of aliphatic hydroxyl groups excluding tert-OH is 1. The molecule has 0 saturated carbocycles. The number of aromatic nitrogens is 4. The van der Waals surface area contributed by atoms with Crippen molar-refractivity contribution in [2.45, 2.75) is 13.5 Å². The highest BCUT2D eigenvalue weighted by Gasteiger charge is 2.18. The number of halogens is 3. The molecule has 8 nitrogen and oxygen atoms in total. The Hall–Kier alpha value is -3.63. The third-order valence-corrected chi connectivity index (χ3v) is 5.06. The van der Waals surface area contributed by atoms with Crippen molar-refractivity contribution < 1.29 is 23.4 Å². The van der Waals surface area contributed by atoms with Gasteiger partial charge in [-0.3, -0.25) is 18.7 Å². The van der Waals surface area contributed by atoms with Crippen LogP contribution in [0.4, 0.5) is 8.78 Å². The van der Waals surface area contributed by atoms with Crippen molar-refractivity contribution >= 4 is 28.5 Å². The first-order valence-corrected chi connectivity index (χ1v) is 9.65. The van der Waals surface area contributed by atoms with Crippen molar-refractivity contribution in [1.82, 2.24) is 19.1 Å². The molecule has 0 bridgehead atoms. The van der Waals surface area contributed by atoms with Gasteiger partial charge in [0.15, 0.2) is 5.02 Å². The molecule has 0 aliphatic heterocycles. The normalized spacial score (nSPS) is 11.2. The van der Waals surface area contributed by atoms with Gasteiger partial charge in [-0.25, -0.2) is 13.8 Å². The first-order valence-electron chi connectivity index (χ1n) is 9.27. The van der Waals surface area contributed by atoms with Crippen molar-refractivity contribution in [3.8, 4) is 11.6 Å². The van der Waals surface area contributed by atoms with E-state index in [4.69, 9.17) is 21.4 Å². The summed E-state index contributed by atoms with van der Waals surface area (Å²) < 4.78 is 34.7. The molecule has 164 valence electrons. The molecular formula is C21H15ClF2N4O4. The van der Waals surface area contributed by atoms with Crippen LogP contribution in [0.15, 0.2) is 47.5 Å². The van der Waals surface area contributed by atoms with Crippen LogP contribution in [0.1, 0.15) is 16.2 Å². The fraction of sp³-hybridized carbons (Fsp3) is 0.143. The molecule has 4 aromatic rings. The third-order valence-electron chi connectivity index (χ3n) is 4.74. The Labute approximate surface area is 184 Å². The van der Waals surface area contributed by atoms with E-state index < -0.39 is 29.7 Å². The summed E-state index contributed by atoms with van der Waals surface area (Å²) in [5, 5.41) is 8.74. The van der Waals surface area contributed by atoms with E-state index in [0.717, 1.165) is 12.1 Å². The van der Waals surface area contributed by atoms with Crippen LogP contribution in [0, 0.1) is 18.6 Å². The number of ether oxygens (including phenoxy) is 1. The largest absolute Gasteiger partial charge is 0.471 e. The Kier molecular flexibility index (Phi) is 5.72. The van der Waals surface area contributed by atoms with Crippen LogP contribution in [-0.2, 0) is 6.61 Å². The fourth-order valence-electron chi connectivity index (χ4n) is 3.18. The van der Waals surface area contributed by atoms with E-state index in [0.29, 0.717) is 16.7 Å². The molecule has 11 heteroatoms. The Balaban J connectivity index is 1.68. The maximum absolute atomic E-state index is 13.8. The van der Waals surface area contributed by atoms with Crippen molar-refractivity contribution in [1.29, 1.82) is 0 Å². The zero-order valence-electron chi connectivity index (χ0n) is 16.6. The molecule has 0 atom stereocenters. The molecule has 0 aliphatic rings. The van der Waals surface area contributed by atoms with Gasteiger partial charge in [-0.2, -0.15) is 4.98 Å². The number of hydrogen-bond acceptors (Lipinski definition) is 6. The van der Waals surface area contributed by atoms with E-state index in [2.05, 4.69) is 9.97 Å². The van der Waals surface area contributed by atoms with Crippen LogP contribution in [-0.4, -0.2) is 36.7 Å². The van der Waals surface area contributed by atoms with Crippen molar-refractivity contribution in [3.63, 3.8) is 0 Å². The van der Waals surface area contributed by atoms with Gasteiger partial charge in [0.1, 0.15) is 37.0 Å². The second-order valence-electron chi connectivity index (χ2n) is 6.78. The minimum absolute atomic E-state index is 0.0737. The van der Waals surface area contributed by atoms with Crippen molar-refractivity contribution in [2.75, 3.05) is 6.61 Å². The predicted molar refractivity (Wildman–Crippen MR) is 111 cm³/mol. The number of carbonyl (C=O) groups is 1. The molecule has 0 fully saturated rings. The van der Waals surface area contributed by atoms with E-state index in [9.17, 15) is 18.4 Å². The Morgan fingerprint density at radius 1 is 1.22 bits per heavy atom. The summed E-state index contributed by atoms with van der Waals surface area (Å²) >= 11 is 6.17. The van der Waals surface area contributed by atoms with Gasteiger partial charge in [-0.1, -0.05) is 11.6 Å². The summed E-state index contributed by atoms with van der Waals surface area (Å²) in [7, 11) is 0. The van der Waals surface area contributed by atoms with Crippen LogP contribution in [0.3, 0.4) is 0 Å². The van der Waals surface area contributed by atoms with Gasteiger partial charge in [0.25, 0.3) is 11.5 Å². The number of imidazole rings is 1. The average Bonchev–Trinajstić information content (AvgIpc) is 3.19. The van der Waals surface area contributed by atoms with Crippen LogP contribution in [0.5, 0.6) is 5.88 Å². The minimum Gasteiger partial charge on any atom is -0.471 e. The maximum Gasteiger partial charge on any atom is 0.280 e. The Morgan fingerprint density at radius 3 is 2.72 bits per heavy atom. The SMILES string of the molecule is Cc1nc(OCc2ccc(F)cc2F)c(Cl)c(=O)n1-c1ccc2c(c1)ncn2C(=O)CO. The maximum atomic E-state index is 13.8. The molecule has 2 aromatic heterocycles. The fourth-order valence-corrected chi connectivity index (χ4v) is 3.36. The second kappa shape index (κ2) is 8.48. The Morgan fingerprint density at radius 2 is 2.00 bits per heavy atom. The highest BCUT2D eigenvalue weighted by molar-refractivity contribution is 6.31. The topological polar surface area (TPSA) is 99.2 Å². The second-order valence-corrected chi connectivity index (χ2v) is 7.16. The zero-order valence-corrected chi connectivity index (χ0v) is 17.3. The summed E-state index contributed by atoms with van der Waals surface area (Å²) in [5.74, 6) is -2.01. The van der Waals surface area contributed by atoms with Crippen molar-refractivity contribution in [3.05, 3.63) is 81.1 Å². The van der Waals surface area contributed by atoms with Gasteiger partial charge in [-0.15, -0.1) is 0 Å². The molecule has 2 heterocycles. The number of aryl methyl sites for hydroxylation is 1. The Bertz CT molecular complexity index is 1420. The lowest BCUT2D eigenvalue weighted by Gasteiger charge is -2.13. The van der Waals surface area contributed by atoms with E-state index in [-0.39, 0.29) is 28.9 Å². The van der Waals surface area contributed by atoms with Crippen LogP contribution in [0.25, 0.3) is 16.7 Å². The summed E-state index contributed by atoms with van der Waals surface area (Å²) in [4.78, 5) is 33.0. The molecule has 2 aromatic carbocycles. The summed E-state index contributed by atoms with van der Waals surface area (Å²) in [5.41, 5.74) is 0.716. The van der Waals surface area contributed by atoms with Gasteiger partial charge in [0, 0.05) is 11.6 Å². The number of nitrogens with zero attached hydrogens (tertiary/aromatic N) is 4. The third kappa shape index (κ3) is 3.85. The number of aliphatic hydroxyl groups is 1. The minimum atomic E-state index is -0.793. The molecule has 0 amide bonds. The first-order chi connectivity index (χ1) is 15.3. The van der Waals surface area contributed by atoms with E-state index >= 15 is 0 Å². The number of rotatable bonds is 5. The number of carbonyl (C=O) groups excluding carboxylic acids is 1. The summed E-state index contributed by atoms with van der Waals surface area (Å²) in [6.07, 6.45) is 1.28. The lowest BCUT2D eigenvalue weighted by molar-refractivity contribution is 0.0823. The number of fused-ring (bicyclic) bond motifs is 1. The lowest BCUT2D eigenvalue weighted by Crippen LogP contribution is -2.23. The average molecular weight is 461 g/mol. The van der Waals surface area contributed by atoms with Gasteiger partial charge >= 0.3 is 0 Å². The number of hydrogen-bond donors (Lipinski definition) is 1. The van der Waals surface area contributed by atoms with Gasteiger partial charge < -0.3 is 9.84 Å². The highest BCUT2D eigenvalue weighted by atomic mass is 35.5. The summed E-state index contributed by atoms with van der Waals surface area (Å²) in [6.45, 7) is 0.583. The van der Waals surface area contributed by atoms with E-state index in [1.165, 1.54) is 21.5 Å². The number of benzene rings is 2. The van der Waals surface area contributed by atoms with Crippen molar-refractivity contribution in [2.24, 2.45) is 0 Å². The molecule has 0 spiro atoms. The predicted octanol–water partition coefficient (Wildman–Crippen LogP) is 3.03. The molecule has 0 unspecified atom stereocenters. The molecule has 0 saturated heterocycles. The first kappa shape index (κ1) is 21.6. The van der Waals surface area contributed by atoms with E-state index in [1.54, 1.807) is 25.1 Å². The van der Waals surface area contributed by atoms with Gasteiger partial charge in [0.2, 0.25) is 5.88 Å². The molecule has 0 radical (unpaired) electrons. The van der Waals surface area contributed by atoms with Gasteiger partial charge in [-0.05, 0) is 37.3 Å². The van der Waals surface area contributed by atoms with Gasteiger partial charge in [0.05, 0.1) is 16.7 Å². The standard InChI is InChI=1S/C21H15ClF2N4O4/c1-11-26-20(32-9-12-2-3-13(23)6-15(12)24)19(22)21(31)28(11)14-4-5-17-16(7-14)25-10-27(17)18(30)8-29/h2-7,10,29H,8-9H2,1H3. The molecule has 32 heavy (non-hydrogen) atoms. The molecule has 0 aliphatic carbocycles. The quantitative estimate of drug-likeness (QED) is 0.491. The van der Waals surface area contributed by atoms with Crippen LogP contribution >= 0.6 is 11.6 Å². The van der Waals surface area contributed by atoms with E-state index in [1.807, 2.05) is 0 Å². The smallest absolute Gasteiger partial charge is 0.280 e. The lowest BCUT2D eigenvalue weighted by atomic mass is 10.2. The monoisotopic (exact) mass is 460 g/mol. The molecule has 4 rings (SSSR count). The van der Waals surface area contributed by atoms with Crippen LogP contribution < -0.4 is 10.3 Å². The van der Waals surface area contributed by atoms with Crippen LogP contribution in [0.2, 0.25) is 5.02 Å². The summed E-state index contributed by atoms with van der Waals surface area (Å²) in [6, 6.07) is 7.76. The molecule has 1 N–H and O–H groups in total. The molecular weight excluding hydrogens is 446 g/mol. The zero-order chi connectivity index (χ0) is 23.0.